The summed E-state index contributed by atoms with van der Waals surface area (Å²) in [5.41, 5.74) is 1.66. The molecule has 2 amide bonds. The lowest BCUT2D eigenvalue weighted by atomic mass is 10.1. The molecular weight excluding hydrogens is 388 g/mol. The molecule has 0 atom stereocenters. The van der Waals surface area contributed by atoms with Crippen LogP contribution in [0.2, 0.25) is 0 Å². The Hall–Kier alpha value is -3.94. The lowest BCUT2D eigenvalue weighted by molar-refractivity contribution is -0.126. The number of ether oxygens (including phenoxy) is 1. The van der Waals surface area contributed by atoms with Crippen molar-refractivity contribution in [1.29, 1.82) is 0 Å². The fraction of sp³-hybridized carbons (Fsp3) is 0.182. The van der Waals surface area contributed by atoms with Gasteiger partial charge in [0.1, 0.15) is 11.1 Å². The molecule has 2 N–H and O–H groups in total. The van der Waals surface area contributed by atoms with Crippen molar-refractivity contribution in [3.8, 4) is 0 Å². The number of esters is 1. The van der Waals surface area contributed by atoms with Crippen LogP contribution >= 0.6 is 0 Å². The number of carbonyl (C=O) groups excluding carboxylic acids is 3. The maximum absolute atomic E-state index is 12.1. The van der Waals surface area contributed by atoms with Crippen molar-refractivity contribution in [3.63, 3.8) is 0 Å². The van der Waals surface area contributed by atoms with Crippen molar-refractivity contribution in [2.75, 3.05) is 18.5 Å². The largest absolute Gasteiger partial charge is 0.452 e. The van der Waals surface area contributed by atoms with Gasteiger partial charge in [-0.2, -0.15) is 0 Å². The van der Waals surface area contributed by atoms with Gasteiger partial charge < -0.3 is 19.8 Å². The van der Waals surface area contributed by atoms with Gasteiger partial charge in [-0.3, -0.25) is 9.59 Å². The zero-order chi connectivity index (χ0) is 21.7. The van der Waals surface area contributed by atoms with E-state index in [0.717, 1.165) is 11.1 Å². The molecule has 0 fully saturated rings. The van der Waals surface area contributed by atoms with Gasteiger partial charge in [0.15, 0.2) is 6.61 Å². The van der Waals surface area contributed by atoms with Gasteiger partial charge in [-0.1, -0.05) is 36.4 Å². The summed E-state index contributed by atoms with van der Waals surface area (Å²) in [5, 5.41) is 5.65. The quantitative estimate of drug-likeness (QED) is 0.478. The van der Waals surface area contributed by atoms with Crippen LogP contribution in [0.5, 0.6) is 0 Å². The first-order chi connectivity index (χ1) is 14.3. The molecule has 1 aromatic heterocycles. The smallest absolute Gasteiger partial charge is 0.351 e. The minimum atomic E-state index is -0.982. The van der Waals surface area contributed by atoms with Crippen LogP contribution in [-0.4, -0.2) is 30.9 Å². The molecule has 3 rings (SSSR count). The van der Waals surface area contributed by atoms with Crippen LogP contribution in [0.4, 0.5) is 5.69 Å². The van der Waals surface area contributed by atoms with Crippen molar-refractivity contribution in [2.45, 2.75) is 13.8 Å². The highest BCUT2D eigenvalue weighted by Gasteiger charge is 2.17. The molecule has 0 unspecified atom stereocenters. The number of rotatable bonds is 6. The molecule has 2 aromatic carbocycles. The molecule has 154 valence electrons. The van der Waals surface area contributed by atoms with E-state index in [0.29, 0.717) is 16.7 Å². The molecule has 30 heavy (non-hydrogen) atoms. The zero-order valence-corrected chi connectivity index (χ0v) is 16.5. The predicted octanol–water partition coefficient (Wildman–Crippen LogP) is 2.32. The second-order valence-corrected chi connectivity index (χ2v) is 6.65. The van der Waals surface area contributed by atoms with Gasteiger partial charge in [0.25, 0.3) is 5.91 Å². The number of fused-ring (bicyclic) bond motifs is 1. The third kappa shape index (κ3) is 4.91. The highest BCUT2D eigenvalue weighted by molar-refractivity contribution is 5.97. The summed E-state index contributed by atoms with van der Waals surface area (Å²) >= 11 is 0. The Morgan fingerprint density at radius 3 is 2.40 bits per heavy atom. The molecule has 0 aliphatic rings. The van der Waals surface area contributed by atoms with Crippen molar-refractivity contribution < 1.29 is 23.5 Å². The van der Waals surface area contributed by atoms with Gasteiger partial charge in [0.2, 0.25) is 5.91 Å². The molecule has 0 saturated heterocycles. The molecule has 0 saturated carbocycles. The normalized spacial score (nSPS) is 10.5. The second-order valence-electron chi connectivity index (χ2n) is 6.65. The summed E-state index contributed by atoms with van der Waals surface area (Å²) in [5.74, 6) is -2.07. The van der Waals surface area contributed by atoms with Gasteiger partial charge in [-0.15, -0.1) is 0 Å². The number of nitrogens with one attached hydrogen (secondary N) is 2. The second kappa shape index (κ2) is 9.04. The Balaban J connectivity index is 1.52. The maximum Gasteiger partial charge on any atom is 0.351 e. The van der Waals surface area contributed by atoms with Gasteiger partial charge in [0, 0.05) is 11.1 Å². The van der Waals surface area contributed by atoms with E-state index >= 15 is 0 Å². The fourth-order valence-electron chi connectivity index (χ4n) is 2.84. The van der Waals surface area contributed by atoms with Crippen LogP contribution in [-0.2, 0) is 14.3 Å². The molecule has 3 aromatic rings. The van der Waals surface area contributed by atoms with Crippen molar-refractivity contribution >= 4 is 34.4 Å². The van der Waals surface area contributed by atoms with Crippen molar-refractivity contribution in [3.05, 3.63) is 75.6 Å². The fourth-order valence-corrected chi connectivity index (χ4v) is 2.84. The Labute approximate surface area is 171 Å². The van der Waals surface area contributed by atoms with Gasteiger partial charge in [-0.25, -0.2) is 9.59 Å². The van der Waals surface area contributed by atoms with Crippen LogP contribution < -0.4 is 16.3 Å². The minimum Gasteiger partial charge on any atom is -0.452 e. The highest BCUT2D eigenvalue weighted by atomic mass is 16.5. The number of para-hydroxylation sites is 2. The van der Waals surface area contributed by atoms with E-state index in [1.54, 1.807) is 24.3 Å². The number of hydrogen-bond donors (Lipinski definition) is 2. The lowest BCUT2D eigenvalue weighted by Crippen LogP contribution is -2.36. The molecule has 8 heteroatoms. The van der Waals surface area contributed by atoms with E-state index in [1.165, 1.54) is 6.07 Å². The first kappa shape index (κ1) is 20.8. The summed E-state index contributed by atoms with van der Waals surface area (Å²) in [6.45, 7) is 2.80. The highest BCUT2D eigenvalue weighted by Crippen LogP contribution is 2.19. The molecule has 1 heterocycles. The van der Waals surface area contributed by atoms with Crippen LogP contribution in [0.3, 0.4) is 0 Å². The molecule has 0 radical (unpaired) electrons. The minimum absolute atomic E-state index is 0.289. The average Bonchev–Trinajstić information content (AvgIpc) is 2.72. The zero-order valence-electron chi connectivity index (χ0n) is 16.5. The van der Waals surface area contributed by atoms with E-state index < -0.39 is 30.0 Å². The molecule has 8 nitrogen and oxygen atoms in total. The molecule has 0 bridgehead atoms. The summed E-state index contributed by atoms with van der Waals surface area (Å²) in [6, 6.07) is 13.7. The number of benzene rings is 2. The third-order valence-corrected chi connectivity index (χ3v) is 4.39. The van der Waals surface area contributed by atoms with Crippen LogP contribution in [0, 0.1) is 13.8 Å². The Morgan fingerprint density at radius 1 is 0.967 bits per heavy atom. The number of hydrogen-bond acceptors (Lipinski definition) is 6. The average molecular weight is 408 g/mol. The summed E-state index contributed by atoms with van der Waals surface area (Å²) in [7, 11) is 0. The number of aryl methyl sites for hydroxylation is 2. The van der Waals surface area contributed by atoms with E-state index in [2.05, 4.69) is 10.6 Å². The standard InChI is InChI=1S/C22H20N2O6/c1-13-6-5-7-14(2)20(13)24-18(25)11-23-19(26)12-29-21(27)16-10-15-8-3-4-9-17(15)30-22(16)28/h3-10H,11-12H2,1-2H3,(H,23,26)(H,24,25). The van der Waals surface area contributed by atoms with Gasteiger partial charge >= 0.3 is 11.6 Å². The SMILES string of the molecule is Cc1cccc(C)c1NC(=O)CNC(=O)COC(=O)c1cc2ccccc2oc1=O. The Kier molecular flexibility index (Phi) is 6.26. The number of amides is 2. The number of anilines is 1. The summed E-state index contributed by atoms with van der Waals surface area (Å²) in [4.78, 5) is 48.0. The van der Waals surface area contributed by atoms with E-state index in [4.69, 9.17) is 9.15 Å². The first-order valence-corrected chi connectivity index (χ1v) is 9.18. The van der Waals surface area contributed by atoms with E-state index in [9.17, 15) is 19.2 Å². The number of carbonyl (C=O) groups is 3. The van der Waals surface area contributed by atoms with Crippen LogP contribution in [0.15, 0.2) is 57.7 Å². The van der Waals surface area contributed by atoms with Gasteiger partial charge in [0.05, 0.1) is 6.54 Å². The third-order valence-electron chi connectivity index (χ3n) is 4.39. The topological polar surface area (TPSA) is 115 Å². The van der Waals surface area contributed by atoms with Crippen molar-refractivity contribution in [1.82, 2.24) is 5.32 Å². The van der Waals surface area contributed by atoms with Crippen molar-refractivity contribution in [2.24, 2.45) is 0 Å². The van der Waals surface area contributed by atoms with Gasteiger partial charge in [-0.05, 0) is 37.1 Å². The monoisotopic (exact) mass is 408 g/mol. The molecular formula is C22H20N2O6. The Morgan fingerprint density at radius 2 is 1.67 bits per heavy atom. The summed E-state index contributed by atoms with van der Waals surface area (Å²) < 4.78 is 9.93. The molecule has 0 aliphatic carbocycles. The lowest BCUT2D eigenvalue weighted by Gasteiger charge is -2.12. The molecule has 0 aliphatic heterocycles. The van der Waals surface area contributed by atoms with E-state index in [1.807, 2.05) is 32.0 Å². The van der Waals surface area contributed by atoms with Crippen LogP contribution in [0.1, 0.15) is 21.5 Å². The predicted molar refractivity (Wildman–Crippen MR) is 110 cm³/mol. The summed E-state index contributed by atoms with van der Waals surface area (Å²) in [6.07, 6.45) is 0. The molecule has 0 spiro atoms. The van der Waals surface area contributed by atoms with E-state index in [-0.39, 0.29) is 12.1 Å². The van der Waals surface area contributed by atoms with Crippen LogP contribution in [0.25, 0.3) is 11.0 Å². The maximum atomic E-state index is 12.1. The first-order valence-electron chi connectivity index (χ1n) is 9.18. The Bertz CT molecular complexity index is 1160.